The quantitative estimate of drug-likeness (QED) is 0.578. The maximum atomic E-state index is 10.4. The van der Waals surface area contributed by atoms with E-state index in [-0.39, 0.29) is 6.42 Å². The summed E-state index contributed by atoms with van der Waals surface area (Å²) in [5, 5.41) is 8.56. The van der Waals surface area contributed by atoms with Gasteiger partial charge in [0.25, 0.3) is 0 Å². The minimum absolute atomic E-state index is 0.0432. The summed E-state index contributed by atoms with van der Waals surface area (Å²) in [6.45, 7) is 0.353. The van der Waals surface area contributed by atoms with E-state index in [9.17, 15) is 4.79 Å². The second-order valence-corrected chi connectivity index (χ2v) is 3.07. The smallest absolute Gasteiger partial charge is 0.307 e. The van der Waals surface area contributed by atoms with Gasteiger partial charge in [-0.25, -0.2) is 4.57 Å². The number of fused-ring (bicyclic) bond motifs is 1. The van der Waals surface area contributed by atoms with E-state index >= 15 is 0 Å². The lowest BCUT2D eigenvalue weighted by Gasteiger charge is -1.93. The Kier molecular flexibility index (Phi) is 2.20. The van der Waals surface area contributed by atoms with Crippen LogP contribution in [0.1, 0.15) is 6.42 Å². The third-order valence-corrected chi connectivity index (χ3v) is 2.06. The third kappa shape index (κ3) is 1.71. The van der Waals surface area contributed by atoms with Gasteiger partial charge in [0, 0.05) is 0 Å². The van der Waals surface area contributed by atoms with Crippen LogP contribution in [-0.4, -0.2) is 26.0 Å². The molecule has 2 aromatic heterocycles. The van der Waals surface area contributed by atoms with Gasteiger partial charge in [-0.1, -0.05) is 4.98 Å². The molecule has 78 valence electrons. The van der Waals surface area contributed by atoms with Crippen molar-refractivity contribution < 1.29 is 14.5 Å². The van der Waals surface area contributed by atoms with Gasteiger partial charge in [0.15, 0.2) is 18.5 Å². The third-order valence-electron chi connectivity index (χ3n) is 2.06. The van der Waals surface area contributed by atoms with Gasteiger partial charge in [-0.15, -0.1) is 0 Å². The number of carbonyl (C=O) groups is 1. The highest BCUT2D eigenvalue weighted by molar-refractivity contribution is 5.77. The molecule has 0 saturated heterocycles. The van der Waals surface area contributed by atoms with Gasteiger partial charge < -0.3 is 10.8 Å². The number of nitrogens with one attached hydrogen (secondary N) is 1. The van der Waals surface area contributed by atoms with Crippen LogP contribution in [0.2, 0.25) is 0 Å². The molecular weight excluding hydrogens is 198 g/mol. The van der Waals surface area contributed by atoms with Crippen LogP contribution in [0.25, 0.3) is 11.2 Å². The van der Waals surface area contributed by atoms with Gasteiger partial charge in [-0.05, 0) is 0 Å². The van der Waals surface area contributed by atoms with Crippen LogP contribution in [0, 0.1) is 0 Å². The first-order valence-electron chi connectivity index (χ1n) is 4.37. The molecule has 15 heavy (non-hydrogen) atoms. The fourth-order valence-electron chi connectivity index (χ4n) is 1.34. The van der Waals surface area contributed by atoms with Crippen molar-refractivity contribution in [2.45, 2.75) is 13.0 Å². The van der Waals surface area contributed by atoms with Crippen LogP contribution < -0.4 is 10.3 Å². The van der Waals surface area contributed by atoms with Gasteiger partial charge in [-0.2, -0.15) is 4.98 Å². The van der Waals surface area contributed by atoms with Gasteiger partial charge in [0.05, 0.1) is 13.0 Å². The van der Waals surface area contributed by atoms with Gasteiger partial charge in [-0.3, -0.25) is 9.78 Å². The van der Waals surface area contributed by atoms with E-state index < -0.39 is 5.97 Å². The number of rotatable bonds is 3. The summed E-state index contributed by atoms with van der Waals surface area (Å²) in [5.74, 6) is -0.493. The molecule has 2 heterocycles. The highest BCUT2D eigenvalue weighted by atomic mass is 16.4. The summed E-state index contributed by atoms with van der Waals surface area (Å²) >= 11 is 0. The largest absolute Gasteiger partial charge is 0.481 e. The molecule has 0 fully saturated rings. The number of aromatic amines is 1. The Balaban J connectivity index is 2.37. The minimum Gasteiger partial charge on any atom is -0.481 e. The van der Waals surface area contributed by atoms with Gasteiger partial charge in [0.2, 0.25) is 5.52 Å². The number of H-pyrrole nitrogens is 1. The molecule has 4 N–H and O–H groups in total. The normalized spacial score (nSPS) is 10.7. The maximum absolute atomic E-state index is 10.4. The molecule has 0 aliphatic rings. The zero-order valence-corrected chi connectivity index (χ0v) is 7.84. The van der Waals surface area contributed by atoms with E-state index in [1.54, 1.807) is 10.9 Å². The van der Waals surface area contributed by atoms with Crippen molar-refractivity contribution in [2.75, 3.05) is 5.73 Å². The van der Waals surface area contributed by atoms with Crippen molar-refractivity contribution in [2.24, 2.45) is 0 Å². The summed E-state index contributed by atoms with van der Waals surface area (Å²) in [4.78, 5) is 21.2. The van der Waals surface area contributed by atoms with E-state index in [0.29, 0.717) is 23.5 Å². The molecule has 0 spiro atoms. The number of aryl methyl sites for hydroxylation is 1. The molecule has 2 rings (SSSR count). The lowest BCUT2D eigenvalue weighted by molar-refractivity contribution is -0.672. The average Bonchev–Trinajstić information content (AvgIpc) is 2.59. The van der Waals surface area contributed by atoms with E-state index in [2.05, 4.69) is 15.0 Å². The number of aliphatic carboxylic acids is 1. The molecule has 0 amide bonds. The molecule has 7 heteroatoms. The first-order valence-corrected chi connectivity index (χ1v) is 4.37. The van der Waals surface area contributed by atoms with Crippen LogP contribution in [0.5, 0.6) is 0 Å². The van der Waals surface area contributed by atoms with E-state index in [0.717, 1.165) is 0 Å². The molecule has 0 aliphatic carbocycles. The Bertz CT molecular complexity index is 507. The first-order chi connectivity index (χ1) is 7.18. The van der Waals surface area contributed by atoms with Crippen LogP contribution in [0.15, 0.2) is 12.7 Å². The predicted octanol–water partition coefficient (Wildman–Crippen LogP) is -0.698. The molecule has 0 bridgehead atoms. The van der Waals surface area contributed by atoms with E-state index in [4.69, 9.17) is 10.8 Å². The lowest BCUT2D eigenvalue weighted by Crippen LogP contribution is -2.33. The molecule has 0 unspecified atom stereocenters. The molecule has 0 aliphatic heterocycles. The highest BCUT2D eigenvalue weighted by Crippen LogP contribution is 2.08. The Labute approximate surface area is 84.6 Å². The molecule has 0 radical (unpaired) electrons. The number of nitrogens with zero attached hydrogens (tertiary/aromatic N) is 3. The number of carboxylic acids is 1. The second kappa shape index (κ2) is 3.52. The molecule has 0 saturated carbocycles. The zero-order chi connectivity index (χ0) is 10.8. The lowest BCUT2D eigenvalue weighted by atomic mass is 10.4. The first kappa shape index (κ1) is 9.38. The molecule has 0 aromatic carbocycles. The van der Waals surface area contributed by atoms with Crippen molar-refractivity contribution in [1.82, 2.24) is 15.0 Å². The van der Waals surface area contributed by atoms with E-state index in [1.165, 1.54) is 6.33 Å². The molecular formula is C8H10N5O2+. The van der Waals surface area contributed by atoms with Crippen molar-refractivity contribution in [1.29, 1.82) is 0 Å². The Morgan fingerprint density at radius 1 is 1.60 bits per heavy atom. The minimum atomic E-state index is -0.848. The SMILES string of the molecule is Nc1ncnc2c1[nH]c[n+]2CCC(=O)O. The monoisotopic (exact) mass is 208 g/mol. The van der Waals surface area contributed by atoms with Crippen molar-refractivity contribution in [3.05, 3.63) is 12.7 Å². The number of nitrogen functional groups attached to an aromatic ring is 1. The van der Waals surface area contributed by atoms with Crippen LogP contribution in [-0.2, 0) is 11.3 Å². The number of aromatic nitrogens is 4. The molecule has 0 atom stereocenters. The van der Waals surface area contributed by atoms with Crippen molar-refractivity contribution in [3.8, 4) is 0 Å². The summed E-state index contributed by atoms with van der Waals surface area (Å²) in [6.07, 6.45) is 3.03. The zero-order valence-electron chi connectivity index (χ0n) is 7.84. The number of carboxylic acid groups (broad SMARTS) is 1. The Morgan fingerprint density at radius 2 is 2.40 bits per heavy atom. The van der Waals surface area contributed by atoms with Crippen molar-refractivity contribution >= 4 is 23.0 Å². The standard InChI is InChI=1S/C8H9N5O2/c9-7-6-8(11-3-10-7)13(4-12-6)2-1-5(14)15/h3-4H,1-2H2,(H3,9,10,11,14,15)/p+1. The predicted molar refractivity (Wildman–Crippen MR) is 50.7 cm³/mol. The van der Waals surface area contributed by atoms with Gasteiger partial charge in [0.1, 0.15) is 0 Å². The summed E-state index contributed by atoms with van der Waals surface area (Å²) in [7, 11) is 0. The van der Waals surface area contributed by atoms with Gasteiger partial charge >= 0.3 is 11.6 Å². The fraction of sp³-hybridized carbons (Fsp3) is 0.250. The number of nitrogens with two attached hydrogens (primary N) is 1. The molecule has 2 aromatic rings. The number of hydrogen-bond donors (Lipinski definition) is 3. The fourth-order valence-corrected chi connectivity index (χ4v) is 1.34. The summed E-state index contributed by atoms with van der Waals surface area (Å²) in [5.41, 5.74) is 6.86. The summed E-state index contributed by atoms with van der Waals surface area (Å²) < 4.78 is 1.70. The highest BCUT2D eigenvalue weighted by Gasteiger charge is 2.14. The number of imidazole rings is 1. The number of anilines is 1. The topological polar surface area (TPSA) is 109 Å². The van der Waals surface area contributed by atoms with Crippen molar-refractivity contribution in [3.63, 3.8) is 0 Å². The second-order valence-electron chi connectivity index (χ2n) is 3.07. The summed E-state index contributed by atoms with van der Waals surface area (Å²) in [6, 6.07) is 0. The average molecular weight is 208 g/mol. The number of hydrogen-bond acceptors (Lipinski definition) is 4. The van der Waals surface area contributed by atoms with Crippen LogP contribution >= 0.6 is 0 Å². The van der Waals surface area contributed by atoms with Crippen LogP contribution in [0.4, 0.5) is 5.82 Å². The maximum Gasteiger partial charge on any atom is 0.307 e. The Hall–Kier alpha value is -2.18. The van der Waals surface area contributed by atoms with E-state index in [1.807, 2.05) is 0 Å². The molecule has 7 nitrogen and oxygen atoms in total. The Morgan fingerprint density at radius 3 is 3.13 bits per heavy atom. The van der Waals surface area contributed by atoms with Crippen LogP contribution in [0.3, 0.4) is 0 Å².